The number of anilines is 2. The molecule has 4 aliphatic rings. The number of aliphatic hydroxyl groups is 2. The van der Waals surface area contributed by atoms with Crippen molar-refractivity contribution < 1.29 is 76.5 Å². The number of nitrogens with one attached hydrogen (secondary N) is 2. The van der Waals surface area contributed by atoms with Crippen LogP contribution >= 0.6 is 0 Å². The minimum atomic E-state index is -5.21. The van der Waals surface area contributed by atoms with Crippen molar-refractivity contribution in [3.05, 3.63) is 140 Å². The zero-order valence-corrected chi connectivity index (χ0v) is 33.0. The first-order valence-corrected chi connectivity index (χ1v) is 22.1. The Morgan fingerprint density at radius 3 is 1.25 bits per heavy atom. The quantitative estimate of drug-likeness (QED) is 0.174. The highest BCUT2D eigenvalue weighted by molar-refractivity contribution is 7.90. The number of benzene rings is 2. The second-order valence-electron chi connectivity index (χ2n) is 12.7. The van der Waals surface area contributed by atoms with Crippen LogP contribution in [0.15, 0.2) is 148 Å². The lowest BCUT2D eigenvalue weighted by Crippen LogP contribution is -2.21. The lowest BCUT2D eigenvalue weighted by molar-refractivity contribution is 0.0991. The Bertz CT molecular complexity index is 2940. The number of aliphatic imine (C=N–C) groups is 2. The van der Waals surface area contributed by atoms with E-state index in [1.807, 2.05) is 0 Å². The zero-order chi connectivity index (χ0) is 44.1. The fraction of sp³-hybridized carbons (Fsp3) is 0.0571. The molecule has 0 radical (unpaired) electrons. The number of rotatable bonds is 8. The molecule has 0 saturated carbocycles. The first kappa shape index (κ1) is 43.1. The Morgan fingerprint density at radius 2 is 0.917 bits per heavy atom. The van der Waals surface area contributed by atoms with E-state index in [2.05, 4.69) is 20.6 Å². The molecule has 0 spiro atoms. The molecule has 6 rings (SSSR count). The second-order valence-corrected chi connectivity index (χ2v) is 18.4. The van der Waals surface area contributed by atoms with Gasteiger partial charge in [-0.15, -0.1) is 0 Å². The summed E-state index contributed by atoms with van der Waals surface area (Å²) in [5.41, 5.74) is -2.52. The van der Waals surface area contributed by atoms with Crippen molar-refractivity contribution in [1.82, 2.24) is 0 Å². The van der Waals surface area contributed by atoms with E-state index >= 15 is 0 Å². The van der Waals surface area contributed by atoms with Crippen molar-refractivity contribution in [3.63, 3.8) is 0 Å². The van der Waals surface area contributed by atoms with Gasteiger partial charge in [0.1, 0.15) is 21.3 Å². The number of hydrogen-bond acceptors (Lipinski definition) is 13. The summed E-state index contributed by atoms with van der Waals surface area (Å²) >= 11 is 0. The van der Waals surface area contributed by atoms with Crippen LogP contribution in [-0.2, 0) is 40.5 Å². The lowest BCUT2D eigenvalue weighted by atomic mass is 9.89. The van der Waals surface area contributed by atoms with Gasteiger partial charge in [-0.1, -0.05) is 24.3 Å². The van der Waals surface area contributed by atoms with Crippen molar-refractivity contribution in [2.24, 2.45) is 9.98 Å². The first-order chi connectivity index (χ1) is 27.8. The molecule has 0 fully saturated rings. The molecule has 0 heterocycles. The van der Waals surface area contributed by atoms with Gasteiger partial charge in [-0.2, -0.15) is 33.7 Å². The Kier molecular flexibility index (Phi) is 11.2. The summed E-state index contributed by atoms with van der Waals surface area (Å²) < 4.78 is 135. The zero-order valence-electron chi connectivity index (χ0n) is 29.7. The molecule has 0 aromatic heterocycles. The summed E-state index contributed by atoms with van der Waals surface area (Å²) in [4.78, 5) is 43.9. The van der Waals surface area contributed by atoms with Crippen molar-refractivity contribution in [3.8, 4) is 0 Å². The Labute approximate surface area is 339 Å². The van der Waals surface area contributed by atoms with Gasteiger partial charge in [-0.3, -0.25) is 27.8 Å². The summed E-state index contributed by atoms with van der Waals surface area (Å²) in [6.07, 6.45) is 8.66. The third-order valence-corrected chi connectivity index (χ3v) is 12.3. The van der Waals surface area contributed by atoms with Gasteiger partial charge in [-0.05, 0) is 71.8 Å². The van der Waals surface area contributed by atoms with E-state index in [0.29, 0.717) is 12.1 Å². The summed E-state index contributed by atoms with van der Waals surface area (Å²) in [7, 11) is -19.8. The number of carbonyl (C=O) groups excluding carboxylic acids is 3. The number of carbonyl (C=O) groups is 3. The maximum absolute atomic E-state index is 13.3. The minimum Gasteiger partial charge on any atom is -0.507 e. The number of fused-ring (bicyclic) bond motifs is 2. The average molecular weight is 903 g/mol. The molecule has 4 aliphatic carbocycles. The normalized spacial score (nSPS) is 18.3. The topological polar surface area (TPSA) is 358 Å². The average Bonchev–Trinajstić information content (AvgIpc) is 3.13. The van der Waals surface area contributed by atoms with Crippen LogP contribution in [0.4, 0.5) is 16.2 Å². The highest BCUT2D eigenvalue weighted by Gasteiger charge is 2.31. The van der Waals surface area contributed by atoms with E-state index in [1.165, 1.54) is 36.5 Å². The summed E-state index contributed by atoms with van der Waals surface area (Å²) in [6.45, 7) is 0. The van der Waals surface area contributed by atoms with Crippen molar-refractivity contribution in [2.75, 3.05) is 10.6 Å². The maximum atomic E-state index is 13.3. The second kappa shape index (κ2) is 15.6. The number of allylic oxidation sites excluding steroid dienone is 14. The van der Waals surface area contributed by atoms with Crippen molar-refractivity contribution >= 4 is 81.1 Å². The van der Waals surface area contributed by atoms with Crippen molar-refractivity contribution in [2.45, 2.75) is 22.6 Å². The molecule has 0 bridgehead atoms. The number of aliphatic hydroxyl groups excluding tert-OH is 2. The fourth-order valence-electron chi connectivity index (χ4n) is 6.12. The molecule has 25 heteroatoms. The number of hydrogen-bond donors (Lipinski definition) is 8. The summed E-state index contributed by atoms with van der Waals surface area (Å²) in [6, 6.07) is 3.94. The van der Waals surface area contributed by atoms with Crippen LogP contribution in [-0.4, -0.2) is 91.4 Å². The van der Waals surface area contributed by atoms with Gasteiger partial charge >= 0.3 is 6.03 Å². The van der Waals surface area contributed by atoms with Crippen LogP contribution in [0.25, 0.3) is 0 Å². The van der Waals surface area contributed by atoms with E-state index in [4.69, 9.17) is 0 Å². The van der Waals surface area contributed by atoms with E-state index in [1.54, 1.807) is 0 Å². The summed E-state index contributed by atoms with van der Waals surface area (Å²) in [5, 5.41) is 25.4. The number of urea groups is 1. The monoisotopic (exact) mass is 902 g/mol. The molecule has 0 aliphatic heterocycles. The predicted molar refractivity (Wildman–Crippen MR) is 211 cm³/mol. The first-order valence-electron chi connectivity index (χ1n) is 16.4. The van der Waals surface area contributed by atoms with Gasteiger partial charge in [-0.25, -0.2) is 14.8 Å². The van der Waals surface area contributed by atoms with Crippen molar-refractivity contribution in [1.29, 1.82) is 0 Å². The van der Waals surface area contributed by atoms with E-state index < -0.39 is 101 Å². The predicted octanol–water partition coefficient (Wildman–Crippen LogP) is 3.95. The number of nitrogens with zero attached hydrogens (tertiary/aromatic N) is 2. The molecule has 0 unspecified atom stereocenters. The standard InChI is InChI=1S/C35H26N4O17S4/c40-27-15-21(57(45,46)47)11-17-3-1-5-25(31(17)27)38-33(42)23-9-7-19(13-29(23)59(51,52)53)36-35(44)37-20-8-10-24(30(14-20)60(54,55)56)34(43)39-26-6-2-4-18-12-22(58(48,49)50)16-28(41)32(18)26/h1-10,13-16,40-41H,11-12H2,(H2,36,37,44)(H,45,46,47)(H,48,49,50)(H,51,52,53)(H,54,55,56). The third-order valence-electron chi connectivity index (χ3n) is 8.70. The highest BCUT2D eigenvalue weighted by Crippen LogP contribution is 2.36. The molecule has 0 saturated heterocycles. The Hall–Kier alpha value is -6.45. The smallest absolute Gasteiger partial charge is 0.323 e. The third kappa shape index (κ3) is 9.22. The van der Waals surface area contributed by atoms with Crippen LogP contribution in [0.5, 0.6) is 0 Å². The van der Waals surface area contributed by atoms with E-state index in [9.17, 15) is 76.5 Å². The van der Waals surface area contributed by atoms with Gasteiger partial charge in [0.2, 0.25) is 0 Å². The molecule has 2 aromatic rings. The SMILES string of the molecule is O=C(Nc1ccc(C(=O)N=C2C=CC=C3CC(S(=O)(=O)O)=CC(O)=C32)c(S(=O)(=O)O)c1)Nc1ccc(C(=O)N=C2C=CC=C3CC(S(=O)(=O)O)=CC(O)=C32)c(S(=O)(=O)O)c1. The van der Waals surface area contributed by atoms with Gasteiger partial charge in [0.15, 0.2) is 0 Å². The van der Waals surface area contributed by atoms with Crippen LogP contribution in [0.1, 0.15) is 33.6 Å². The molecule has 312 valence electrons. The molecule has 0 atom stereocenters. The van der Waals surface area contributed by atoms with Gasteiger partial charge in [0.25, 0.3) is 52.3 Å². The lowest BCUT2D eigenvalue weighted by Gasteiger charge is -2.21. The molecule has 60 heavy (non-hydrogen) atoms. The maximum Gasteiger partial charge on any atom is 0.323 e. The fourth-order valence-corrected chi connectivity index (χ4v) is 8.73. The van der Waals surface area contributed by atoms with Crippen LogP contribution in [0, 0.1) is 0 Å². The van der Waals surface area contributed by atoms with Gasteiger partial charge < -0.3 is 20.8 Å². The molecule has 2 aromatic carbocycles. The largest absolute Gasteiger partial charge is 0.507 e. The van der Waals surface area contributed by atoms with Crippen LogP contribution in [0.3, 0.4) is 0 Å². The minimum absolute atomic E-state index is 0.101. The van der Waals surface area contributed by atoms with E-state index in [0.717, 1.165) is 36.4 Å². The summed E-state index contributed by atoms with van der Waals surface area (Å²) in [5.74, 6) is -3.90. The molecule has 21 nitrogen and oxygen atoms in total. The van der Waals surface area contributed by atoms with E-state index in [-0.39, 0.29) is 57.9 Å². The molecular formula is C35H26N4O17S4. The molecular weight excluding hydrogens is 877 g/mol. The molecule has 4 amide bonds. The Morgan fingerprint density at radius 1 is 0.550 bits per heavy atom. The van der Waals surface area contributed by atoms with Gasteiger partial charge in [0.05, 0.1) is 32.4 Å². The van der Waals surface area contributed by atoms with Crippen LogP contribution in [0.2, 0.25) is 0 Å². The highest BCUT2D eigenvalue weighted by atomic mass is 32.2. The molecule has 8 N–H and O–H groups in total. The number of amides is 4. The van der Waals surface area contributed by atoms with Crippen LogP contribution < -0.4 is 10.6 Å². The Balaban J connectivity index is 1.24. The van der Waals surface area contributed by atoms with Gasteiger partial charge in [0, 0.05) is 35.4 Å².